The highest BCUT2D eigenvalue weighted by Gasteiger charge is 2.23. The molecule has 5 nitrogen and oxygen atoms in total. The lowest BCUT2D eigenvalue weighted by molar-refractivity contribution is 0.162. The fraction of sp³-hybridized carbons (Fsp3) is 0.296. The molecular weight excluding hydrogens is 400 g/mol. The molecule has 0 amide bonds. The summed E-state index contributed by atoms with van der Waals surface area (Å²) in [5, 5.41) is 19.6. The number of rotatable bonds is 6. The van der Waals surface area contributed by atoms with Crippen LogP contribution < -0.4 is 4.74 Å². The third-order valence-electron chi connectivity index (χ3n) is 5.73. The predicted molar refractivity (Wildman–Crippen MR) is 125 cm³/mol. The fourth-order valence-corrected chi connectivity index (χ4v) is 3.79. The number of aliphatic hydroxyl groups excluding tert-OH is 2. The van der Waals surface area contributed by atoms with E-state index in [-0.39, 0.29) is 6.61 Å². The highest BCUT2D eigenvalue weighted by Crippen LogP contribution is 2.31. The first-order valence-corrected chi connectivity index (χ1v) is 10.9. The molecule has 1 aromatic heterocycles. The van der Waals surface area contributed by atoms with E-state index in [1.807, 2.05) is 36.4 Å². The molecule has 32 heavy (non-hydrogen) atoms. The Morgan fingerprint density at radius 3 is 2.38 bits per heavy atom. The third kappa shape index (κ3) is 4.94. The average Bonchev–Trinajstić information content (AvgIpc) is 3.27. The van der Waals surface area contributed by atoms with Crippen molar-refractivity contribution in [3.63, 3.8) is 0 Å². The van der Waals surface area contributed by atoms with E-state index in [4.69, 9.17) is 4.74 Å². The van der Waals surface area contributed by atoms with Gasteiger partial charge in [0.25, 0.3) is 0 Å². The van der Waals surface area contributed by atoms with Crippen molar-refractivity contribution in [2.75, 3.05) is 6.61 Å². The van der Waals surface area contributed by atoms with Gasteiger partial charge in [0, 0.05) is 30.8 Å². The van der Waals surface area contributed by atoms with Crippen LogP contribution in [0.15, 0.2) is 72.6 Å². The summed E-state index contributed by atoms with van der Waals surface area (Å²) in [4.78, 5) is 4.14. The topological polar surface area (TPSA) is 67.5 Å². The maximum atomic E-state index is 9.83. The zero-order valence-corrected chi connectivity index (χ0v) is 18.4. The SMILES string of the molecule is CC=C1CC(Oc2ccc(-c3ccc(C#C[C@@H](CO)n4ccnc4[C@H](C)O)cc3)cc2)C1. The molecule has 2 N–H and O–H groups in total. The summed E-state index contributed by atoms with van der Waals surface area (Å²) in [5.41, 5.74) is 4.55. The van der Waals surface area contributed by atoms with Crippen molar-refractivity contribution in [1.82, 2.24) is 9.55 Å². The van der Waals surface area contributed by atoms with Crippen molar-refractivity contribution in [2.24, 2.45) is 0 Å². The lowest BCUT2D eigenvalue weighted by Crippen LogP contribution is -2.27. The summed E-state index contributed by atoms with van der Waals surface area (Å²) in [6.45, 7) is 3.56. The molecule has 4 rings (SSSR count). The Kier molecular flexibility index (Phi) is 6.75. The Hall–Kier alpha value is -3.33. The van der Waals surface area contributed by atoms with Gasteiger partial charge in [0.05, 0.1) is 6.61 Å². The first-order valence-electron chi connectivity index (χ1n) is 10.9. The minimum Gasteiger partial charge on any atom is -0.490 e. The normalized spacial score (nSPS) is 17.0. The van der Waals surface area contributed by atoms with Crippen molar-refractivity contribution in [3.8, 4) is 28.7 Å². The summed E-state index contributed by atoms with van der Waals surface area (Å²) in [5.74, 6) is 7.59. The number of benzene rings is 2. The molecule has 5 heteroatoms. The molecule has 3 aromatic rings. The van der Waals surface area contributed by atoms with Crippen molar-refractivity contribution in [3.05, 3.63) is 84.0 Å². The Labute approximate surface area is 189 Å². The zero-order chi connectivity index (χ0) is 22.5. The van der Waals surface area contributed by atoms with Gasteiger partial charge >= 0.3 is 0 Å². The van der Waals surface area contributed by atoms with E-state index in [1.165, 1.54) is 5.57 Å². The molecule has 0 unspecified atom stereocenters. The largest absolute Gasteiger partial charge is 0.490 e. The Morgan fingerprint density at radius 1 is 1.12 bits per heavy atom. The van der Waals surface area contributed by atoms with Crippen LogP contribution in [0.5, 0.6) is 5.75 Å². The molecule has 2 atom stereocenters. The third-order valence-corrected chi connectivity index (χ3v) is 5.73. The Balaban J connectivity index is 1.42. The second-order valence-electron chi connectivity index (χ2n) is 8.03. The van der Waals surface area contributed by atoms with E-state index in [0.717, 1.165) is 35.3 Å². The number of allylic oxidation sites excluding steroid dienone is 1. The lowest BCUT2D eigenvalue weighted by Gasteiger charge is -2.29. The van der Waals surface area contributed by atoms with Gasteiger partial charge in [-0.2, -0.15) is 0 Å². The van der Waals surface area contributed by atoms with Crippen LogP contribution in [0.1, 0.15) is 50.2 Å². The second-order valence-corrected chi connectivity index (χ2v) is 8.03. The maximum absolute atomic E-state index is 9.83. The van der Waals surface area contributed by atoms with E-state index in [9.17, 15) is 10.2 Å². The second kappa shape index (κ2) is 9.86. The predicted octanol–water partition coefficient (Wildman–Crippen LogP) is 4.68. The van der Waals surface area contributed by atoms with Gasteiger partial charge in [-0.25, -0.2) is 4.98 Å². The molecule has 1 fully saturated rings. The molecule has 0 radical (unpaired) electrons. The summed E-state index contributed by atoms with van der Waals surface area (Å²) in [6.07, 6.45) is 7.12. The van der Waals surface area contributed by atoms with Gasteiger partial charge < -0.3 is 19.5 Å². The Morgan fingerprint density at radius 2 is 1.78 bits per heavy atom. The van der Waals surface area contributed by atoms with Gasteiger partial charge in [-0.15, -0.1) is 0 Å². The first-order chi connectivity index (χ1) is 15.6. The molecular formula is C27H28N2O3. The van der Waals surface area contributed by atoms with Gasteiger partial charge in [-0.3, -0.25) is 0 Å². The zero-order valence-electron chi connectivity index (χ0n) is 18.4. The van der Waals surface area contributed by atoms with Crippen molar-refractivity contribution >= 4 is 0 Å². The smallest absolute Gasteiger partial charge is 0.138 e. The van der Waals surface area contributed by atoms with Crippen molar-refractivity contribution in [2.45, 2.75) is 44.9 Å². The fourth-order valence-electron chi connectivity index (χ4n) is 3.79. The molecule has 1 saturated carbocycles. The van der Waals surface area contributed by atoms with Crippen LogP contribution >= 0.6 is 0 Å². The first kappa shape index (κ1) is 21.9. The number of imidazole rings is 1. The van der Waals surface area contributed by atoms with E-state index in [1.54, 1.807) is 23.9 Å². The highest BCUT2D eigenvalue weighted by atomic mass is 16.5. The maximum Gasteiger partial charge on any atom is 0.138 e. The molecule has 0 saturated heterocycles. The van der Waals surface area contributed by atoms with Crippen LogP contribution in [0, 0.1) is 11.8 Å². The summed E-state index contributed by atoms with van der Waals surface area (Å²) in [6, 6.07) is 15.7. The Bertz CT molecular complexity index is 1120. The number of nitrogens with zero attached hydrogens (tertiary/aromatic N) is 2. The molecule has 1 heterocycles. The van der Waals surface area contributed by atoms with Gasteiger partial charge in [-0.1, -0.05) is 47.8 Å². The van der Waals surface area contributed by atoms with Crippen LogP contribution in [0.2, 0.25) is 0 Å². The van der Waals surface area contributed by atoms with E-state index in [0.29, 0.717) is 11.9 Å². The van der Waals surface area contributed by atoms with Crippen molar-refractivity contribution in [1.29, 1.82) is 0 Å². The van der Waals surface area contributed by atoms with Gasteiger partial charge in [0.2, 0.25) is 0 Å². The van der Waals surface area contributed by atoms with E-state index < -0.39 is 12.1 Å². The average molecular weight is 429 g/mol. The van der Waals surface area contributed by atoms with Crippen LogP contribution in [0.3, 0.4) is 0 Å². The number of aromatic nitrogens is 2. The number of hydrogen-bond donors (Lipinski definition) is 2. The monoisotopic (exact) mass is 428 g/mol. The summed E-state index contributed by atoms with van der Waals surface area (Å²) >= 11 is 0. The number of hydrogen-bond acceptors (Lipinski definition) is 4. The molecule has 164 valence electrons. The minimum atomic E-state index is -0.726. The summed E-state index contributed by atoms with van der Waals surface area (Å²) in [7, 11) is 0. The van der Waals surface area contributed by atoms with Crippen LogP contribution in [-0.4, -0.2) is 32.5 Å². The lowest BCUT2D eigenvalue weighted by atomic mass is 9.89. The van der Waals surface area contributed by atoms with Crippen LogP contribution in [0.25, 0.3) is 11.1 Å². The number of ether oxygens (including phenoxy) is 1. The molecule has 1 aliphatic carbocycles. The molecule has 0 aliphatic heterocycles. The molecule has 2 aromatic carbocycles. The van der Waals surface area contributed by atoms with Gasteiger partial charge in [0.1, 0.15) is 29.8 Å². The van der Waals surface area contributed by atoms with Crippen molar-refractivity contribution < 1.29 is 14.9 Å². The quantitative estimate of drug-likeness (QED) is 0.442. The van der Waals surface area contributed by atoms with Crippen LogP contribution in [-0.2, 0) is 0 Å². The van der Waals surface area contributed by atoms with E-state index in [2.05, 4.69) is 42.0 Å². The van der Waals surface area contributed by atoms with Gasteiger partial charge in [-0.05, 0) is 49.2 Å². The summed E-state index contributed by atoms with van der Waals surface area (Å²) < 4.78 is 7.72. The van der Waals surface area contributed by atoms with E-state index >= 15 is 0 Å². The molecule has 1 aliphatic rings. The highest BCUT2D eigenvalue weighted by molar-refractivity contribution is 5.65. The van der Waals surface area contributed by atoms with Crippen LogP contribution in [0.4, 0.5) is 0 Å². The van der Waals surface area contributed by atoms with Gasteiger partial charge in [0.15, 0.2) is 0 Å². The standard InChI is InChI=1S/C27H28N2O3/c1-3-20-16-26(17-20)32-25-12-9-23(10-13-25)22-7-4-21(5-8-22)6-11-24(18-30)29-15-14-28-27(29)19(2)31/h3-5,7-10,12-15,19,24,26,30-31H,16-18H2,1-2H3/t19-,24-,26?/m0/s1. The number of aliphatic hydroxyl groups is 2. The minimum absolute atomic E-state index is 0.160. The molecule has 0 bridgehead atoms. The molecule has 0 spiro atoms.